The van der Waals surface area contributed by atoms with Gasteiger partial charge in [0.05, 0.1) is 12.1 Å². The summed E-state index contributed by atoms with van der Waals surface area (Å²) in [6.45, 7) is 3.25. The molecule has 0 saturated carbocycles. The van der Waals surface area contributed by atoms with Crippen LogP contribution in [0.2, 0.25) is 0 Å². The molecular formula is C5H5KN2O. The number of rotatable bonds is 1. The number of nitrogens with zero attached hydrogens (tertiary/aromatic N) is 2. The Morgan fingerprint density at radius 1 is 1.11 bits per heavy atom. The van der Waals surface area contributed by atoms with Crippen LogP contribution in [0.15, 0.2) is 0 Å². The Labute approximate surface area is 97.1 Å². The van der Waals surface area contributed by atoms with Gasteiger partial charge in [-0.15, -0.1) is 0 Å². The van der Waals surface area contributed by atoms with Crippen molar-refractivity contribution in [2.45, 2.75) is 12.8 Å². The van der Waals surface area contributed by atoms with Crippen molar-refractivity contribution >= 4 is 6.79 Å². The van der Waals surface area contributed by atoms with E-state index in [1.807, 2.05) is 12.1 Å². The van der Waals surface area contributed by atoms with Crippen molar-refractivity contribution in [2.24, 2.45) is 0 Å². The minimum atomic E-state index is 0. The zero-order chi connectivity index (χ0) is 6.83. The fraction of sp³-hybridized carbons (Fsp3) is 0.400. The van der Waals surface area contributed by atoms with Crippen LogP contribution >= 0.6 is 0 Å². The maximum atomic E-state index is 7.80. The van der Waals surface area contributed by atoms with Gasteiger partial charge in [0.1, 0.15) is 0 Å². The molecule has 0 aromatic heterocycles. The standard InChI is InChI=1S/C4H4N2.CHO.K/c5-3-1-2-4-6;1-2;/h1-2H2;1H;/q;-1;+1. The van der Waals surface area contributed by atoms with Gasteiger partial charge in [0.25, 0.3) is 0 Å². The van der Waals surface area contributed by atoms with E-state index in [0.29, 0.717) is 12.8 Å². The molecule has 0 rings (SSSR count). The van der Waals surface area contributed by atoms with Crippen LogP contribution in [0.1, 0.15) is 12.8 Å². The summed E-state index contributed by atoms with van der Waals surface area (Å²) in [4.78, 5) is 7.75. The second-order valence-corrected chi connectivity index (χ2v) is 0.816. The molecule has 0 unspecified atom stereocenters. The molecule has 0 bridgehead atoms. The van der Waals surface area contributed by atoms with Crippen molar-refractivity contribution in [1.82, 2.24) is 0 Å². The second-order valence-electron chi connectivity index (χ2n) is 0.816. The van der Waals surface area contributed by atoms with Gasteiger partial charge in [-0.05, 0) is 0 Å². The fourth-order valence-corrected chi connectivity index (χ4v) is 0.112. The van der Waals surface area contributed by atoms with E-state index < -0.39 is 0 Å². The summed E-state index contributed by atoms with van der Waals surface area (Å²) in [5.41, 5.74) is 0. The van der Waals surface area contributed by atoms with E-state index in [-0.39, 0.29) is 51.4 Å². The molecule has 0 aliphatic carbocycles. The Morgan fingerprint density at radius 3 is 1.44 bits per heavy atom. The quantitative estimate of drug-likeness (QED) is 0.179. The topological polar surface area (TPSA) is 64.7 Å². The van der Waals surface area contributed by atoms with Gasteiger partial charge < -0.3 is 4.79 Å². The van der Waals surface area contributed by atoms with Crippen LogP contribution in [0.3, 0.4) is 0 Å². The predicted molar refractivity (Wildman–Crippen MR) is 27.2 cm³/mol. The minimum absolute atomic E-state index is 0. The Bertz CT molecular complexity index is 99.1. The van der Waals surface area contributed by atoms with E-state index in [1.54, 1.807) is 0 Å². The van der Waals surface area contributed by atoms with Crippen LogP contribution in [0, 0.1) is 22.7 Å². The number of carbonyl (C=O) groups excluding carboxylic acids is 1. The Morgan fingerprint density at radius 2 is 1.33 bits per heavy atom. The molecule has 0 heterocycles. The largest absolute Gasteiger partial charge is 1.00 e. The smallest absolute Gasteiger partial charge is 0.545 e. The van der Waals surface area contributed by atoms with Gasteiger partial charge in [-0.2, -0.15) is 10.5 Å². The van der Waals surface area contributed by atoms with Crippen molar-refractivity contribution < 1.29 is 56.2 Å². The Kier molecular flexibility index (Phi) is 42.9. The molecule has 0 amide bonds. The van der Waals surface area contributed by atoms with Crippen molar-refractivity contribution in [3.05, 3.63) is 0 Å². The molecule has 0 aromatic rings. The van der Waals surface area contributed by atoms with Gasteiger partial charge in [0, 0.05) is 12.8 Å². The average molecular weight is 148 g/mol. The average Bonchev–Trinajstić information content (AvgIpc) is 1.88. The van der Waals surface area contributed by atoms with Gasteiger partial charge in [0.2, 0.25) is 0 Å². The summed E-state index contributed by atoms with van der Waals surface area (Å²) in [6, 6.07) is 3.69. The minimum Gasteiger partial charge on any atom is -0.545 e. The molecule has 0 spiro atoms. The molecule has 3 nitrogen and oxygen atoms in total. The molecular weight excluding hydrogens is 143 g/mol. The molecule has 42 valence electrons. The number of hydrogen-bond donors (Lipinski definition) is 0. The Balaban J connectivity index is -0.000000109. The van der Waals surface area contributed by atoms with Crippen LogP contribution in [-0.2, 0) is 4.79 Å². The monoisotopic (exact) mass is 148 g/mol. The number of nitriles is 2. The van der Waals surface area contributed by atoms with Gasteiger partial charge in [-0.1, -0.05) is 0 Å². The molecule has 0 aliphatic heterocycles. The summed E-state index contributed by atoms with van der Waals surface area (Å²) in [5.74, 6) is 0. The van der Waals surface area contributed by atoms with Gasteiger partial charge in [-0.3, -0.25) is 6.79 Å². The van der Waals surface area contributed by atoms with Crippen molar-refractivity contribution in [3.8, 4) is 12.1 Å². The third-order valence-corrected chi connectivity index (χ3v) is 0.349. The van der Waals surface area contributed by atoms with Crippen LogP contribution in [0.5, 0.6) is 0 Å². The zero-order valence-corrected chi connectivity index (χ0v) is 8.42. The van der Waals surface area contributed by atoms with Gasteiger partial charge in [0.15, 0.2) is 0 Å². The van der Waals surface area contributed by atoms with E-state index in [0.717, 1.165) is 0 Å². The number of unbranched alkanes of at least 4 members (excludes halogenated alkanes) is 1. The van der Waals surface area contributed by atoms with Crippen molar-refractivity contribution in [2.75, 3.05) is 0 Å². The maximum Gasteiger partial charge on any atom is 1.00 e. The second kappa shape index (κ2) is 23.9. The summed E-state index contributed by atoms with van der Waals surface area (Å²) < 4.78 is 0. The first-order valence-electron chi connectivity index (χ1n) is 1.89. The van der Waals surface area contributed by atoms with E-state index >= 15 is 0 Å². The maximum absolute atomic E-state index is 7.80. The van der Waals surface area contributed by atoms with Gasteiger partial charge >= 0.3 is 51.4 Å². The fourth-order valence-electron chi connectivity index (χ4n) is 0.112. The van der Waals surface area contributed by atoms with Gasteiger partial charge in [-0.25, -0.2) is 0 Å². The van der Waals surface area contributed by atoms with E-state index in [2.05, 4.69) is 6.79 Å². The van der Waals surface area contributed by atoms with E-state index in [4.69, 9.17) is 15.3 Å². The molecule has 0 aliphatic rings. The van der Waals surface area contributed by atoms with Crippen LogP contribution in [0.25, 0.3) is 0 Å². The first-order valence-corrected chi connectivity index (χ1v) is 1.89. The third-order valence-electron chi connectivity index (χ3n) is 0.349. The molecule has 0 N–H and O–H groups in total. The molecule has 0 saturated heterocycles. The van der Waals surface area contributed by atoms with E-state index in [9.17, 15) is 0 Å². The summed E-state index contributed by atoms with van der Waals surface area (Å²) in [7, 11) is 0. The molecule has 4 heteroatoms. The SMILES string of the molecule is N#CCCC#N.[CH-]=O.[K+]. The first-order chi connectivity index (χ1) is 3.91. The van der Waals surface area contributed by atoms with Crippen molar-refractivity contribution in [3.63, 3.8) is 0 Å². The Hall–Kier alpha value is 0.286. The van der Waals surface area contributed by atoms with Crippen LogP contribution in [0.4, 0.5) is 0 Å². The number of hydrogen-bond acceptors (Lipinski definition) is 3. The zero-order valence-electron chi connectivity index (χ0n) is 5.29. The predicted octanol–water partition coefficient (Wildman–Crippen LogP) is -2.46. The molecule has 9 heavy (non-hydrogen) atoms. The molecule has 0 aromatic carbocycles. The van der Waals surface area contributed by atoms with Crippen LogP contribution < -0.4 is 51.4 Å². The summed E-state index contributed by atoms with van der Waals surface area (Å²) in [6.07, 6.45) is 0.715. The summed E-state index contributed by atoms with van der Waals surface area (Å²) in [5, 5.41) is 15.6. The summed E-state index contributed by atoms with van der Waals surface area (Å²) >= 11 is 0. The molecule has 0 atom stereocenters. The normalized spacial score (nSPS) is 4.22. The third kappa shape index (κ3) is 30.3. The van der Waals surface area contributed by atoms with Crippen LogP contribution in [-0.4, -0.2) is 6.79 Å². The molecule has 0 fully saturated rings. The van der Waals surface area contributed by atoms with E-state index in [1.165, 1.54) is 0 Å². The van der Waals surface area contributed by atoms with Crippen molar-refractivity contribution in [1.29, 1.82) is 10.5 Å². The first kappa shape index (κ1) is 16.1. The molecule has 0 radical (unpaired) electrons.